The van der Waals surface area contributed by atoms with Crippen LogP contribution in [0.25, 0.3) is 16.8 Å². The van der Waals surface area contributed by atoms with Crippen molar-refractivity contribution in [2.75, 3.05) is 52.5 Å². The van der Waals surface area contributed by atoms with Gasteiger partial charge in [0.25, 0.3) is 5.91 Å². The maximum absolute atomic E-state index is 13.7. The van der Waals surface area contributed by atoms with Crippen LogP contribution in [0.2, 0.25) is 0 Å². The Morgan fingerprint density at radius 3 is 2.37 bits per heavy atom. The SMILES string of the molecule is C=Cc1c(C)cc2ccccc2c1C(=O)N1CCC(N2CCC[C@@H](C(=O)N3CCOCC3)C2)CC1.CCC. The minimum atomic E-state index is 0.0929. The molecule has 6 heteroatoms. The van der Waals surface area contributed by atoms with Crippen molar-refractivity contribution >= 4 is 28.7 Å². The van der Waals surface area contributed by atoms with E-state index >= 15 is 0 Å². The van der Waals surface area contributed by atoms with E-state index in [0.29, 0.717) is 25.2 Å². The van der Waals surface area contributed by atoms with Crippen LogP contribution < -0.4 is 0 Å². The predicted molar refractivity (Wildman–Crippen MR) is 155 cm³/mol. The molecular formula is C32H45N3O3. The second-order valence-corrected chi connectivity index (χ2v) is 10.9. The molecule has 3 fully saturated rings. The van der Waals surface area contributed by atoms with Gasteiger partial charge in [0.05, 0.1) is 24.7 Å². The van der Waals surface area contributed by atoms with Crippen molar-refractivity contribution in [3.05, 3.63) is 53.6 Å². The fourth-order valence-electron chi connectivity index (χ4n) is 6.17. The maximum atomic E-state index is 13.7. The van der Waals surface area contributed by atoms with Crippen molar-refractivity contribution in [2.24, 2.45) is 5.92 Å². The van der Waals surface area contributed by atoms with Gasteiger partial charge in [-0.3, -0.25) is 14.5 Å². The summed E-state index contributed by atoms with van der Waals surface area (Å²) in [6.45, 7) is 16.4. The number of likely N-dealkylation sites (tertiary alicyclic amines) is 2. The molecule has 0 aromatic heterocycles. The normalized spacial score (nSPS) is 21.1. The average molecular weight is 520 g/mol. The lowest BCUT2D eigenvalue weighted by Crippen LogP contribution is -2.53. The summed E-state index contributed by atoms with van der Waals surface area (Å²) in [6.07, 6.45) is 7.03. The predicted octanol–water partition coefficient (Wildman–Crippen LogP) is 5.38. The largest absolute Gasteiger partial charge is 0.378 e. The first kappa shape index (κ1) is 28.3. The highest BCUT2D eigenvalue weighted by molar-refractivity contribution is 6.10. The zero-order valence-corrected chi connectivity index (χ0v) is 23.6. The van der Waals surface area contributed by atoms with Crippen LogP contribution >= 0.6 is 0 Å². The van der Waals surface area contributed by atoms with Gasteiger partial charge >= 0.3 is 0 Å². The van der Waals surface area contributed by atoms with Gasteiger partial charge in [0, 0.05) is 38.8 Å². The number of carbonyl (C=O) groups is 2. The smallest absolute Gasteiger partial charge is 0.255 e. The molecule has 38 heavy (non-hydrogen) atoms. The molecular weight excluding hydrogens is 474 g/mol. The molecule has 0 N–H and O–H groups in total. The number of aryl methyl sites for hydroxylation is 1. The molecule has 0 bridgehead atoms. The summed E-state index contributed by atoms with van der Waals surface area (Å²) in [7, 11) is 0. The molecule has 1 atom stereocenters. The van der Waals surface area contributed by atoms with Gasteiger partial charge in [-0.25, -0.2) is 0 Å². The molecule has 3 aliphatic rings. The standard InChI is InChI=1S/C29H37N3O3.C3H8/c1-3-25-21(2)19-22-7-4-5-9-26(22)27(25)29(34)30-13-10-24(11-14-30)32-12-6-8-23(20-32)28(33)31-15-17-35-18-16-31;1-3-2/h3-5,7,9,19,23-24H,1,6,8,10-18,20H2,2H3;3H2,1-2H3/t23-;/m1./s1. The quantitative estimate of drug-likeness (QED) is 0.544. The Kier molecular flexibility index (Phi) is 9.97. The molecule has 2 amide bonds. The Morgan fingerprint density at radius 1 is 1.00 bits per heavy atom. The first-order chi connectivity index (χ1) is 18.5. The molecule has 3 heterocycles. The van der Waals surface area contributed by atoms with Gasteiger partial charge in [-0.05, 0) is 61.1 Å². The van der Waals surface area contributed by atoms with E-state index in [0.717, 1.165) is 92.4 Å². The van der Waals surface area contributed by atoms with E-state index in [1.54, 1.807) is 0 Å². The van der Waals surface area contributed by atoms with Crippen LogP contribution in [0.3, 0.4) is 0 Å². The highest BCUT2D eigenvalue weighted by Crippen LogP contribution is 2.30. The number of fused-ring (bicyclic) bond motifs is 1. The average Bonchev–Trinajstić information content (AvgIpc) is 2.96. The number of carbonyl (C=O) groups excluding carboxylic acids is 2. The van der Waals surface area contributed by atoms with Crippen molar-refractivity contribution < 1.29 is 14.3 Å². The van der Waals surface area contributed by atoms with E-state index in [1.807, 2.05) is 34.1 Å². The minimum Gasteiger partial charge on any atom is -0.378 e. The van der Waals surface area contributed by atoms with Crippen LogP contribution in [-0.2, 0) is 9.53 Å². The molecule has 0 radical (unpaired) electrons. The van der Waals surface area contributed by atoms with E-state index < -0.39 is 0 Å². The third-order valence-electron chi connectivity index (χ3n) is 8.11. The number of ether oxygens (including phenoxy) is 1. The highest BCUT2D eigenvalue weighted by atomic mass is 16.5. The lowest BCUT2D eigenvalue weighted by Gasteiger charge is -2.43. The monoisotopic (exact) mass is 519 g/mol. The Balaban J connectivity index is 0.00000107. The molecule has 0 unspecified atom stereocenters. The van der Waals surface area contributed by atoms with E-state index in [9.17, 15) is 9.59 Å². The van der Waals surface area contributed by atoms with E-state index in [1.165, 1.54) is 6.42 Å². The Labute approximate surface area is 228 Å². The molecule has 6 nitrogen and oxygen atoms in total. The van der Waals surface area contributed by atoms with Gasteiger partial charge in [0.1, 0.15) is 0 Å². The van der Waals surface area contributed by atoms with Crippen molar-refractivity contribution in [2.45, 2.75) is 58.9 Å². The third kappa shape index (κ3) is 6.29. The third-order valence-corrected chi connectivity index (χ3v) is 8.11. The second-order valence-electron chi connectivity index (χ2n) is 10.9. The highest BCUT2D eigenvalue weighted by Gasteiger charge is 2.35. The van der Waals surface area contributed by atoms with Crippen molar-refractivity contribution in [3.8, 4) is 0 Å². The fourth-order valence-corrected chi connectivity index (χ4v) is 6.17. The number of hydrogen-bond acceptors (Lipinski definition) is 4. The second kappa shape index (κ2) is 13.4. The molecule has 2 aromatic carbocycles. The molecule has 0 aliphatic carbocycles. The number of amides is 2. The summed E-state index contributed by atoms with van der Waals surface area (Å²) in [5, 5.41) is 2.10. The molecule has 3 aliphatic heterocycles. The first-order valence-corrected chi connectivity index (χ1v) is 14.5. The molecule has 5 rings (SSSR count). The number of piperidine rings is 2. The van der Waals surface area contributed by atoms with E-state index in [-0.39, 0.29) is 11.8 Å². The Hall–Kier alpha value is -2.70. The van der Waals surface area contributed by atoms with Crippen LogP contribution in [0.4, 0.5) is 0 Å². The first-order valence-electron chi connectivity index (χ1n) is 14.5. The summed E-state index contributed by atoms with van der Waals surface area (Å²) >= 11 is 0. The summed E-state index contributed by atoms with van der Waals surface area (Å²) in [5.74, 6) is 0.501. The fraction of sp³-hybridized carbons (Fsp3) is 0.562. The van der Waals surface area contributed by atoms with Gasteiger partial charge in [-0.2, -0.15) is 0 Å². The zero-order valence-electron chi connectivity index (χ0n) is 23.6. The van der Waals surface area contributed by atoms with Crippen LogP contribution in [-0.4, -0.2) is 85.0 Å². The van der Waals surface area contributed by atoms with Crippen LogP contribution in [0.15, 0.2) is 36.9 Å². The molecule has 206 valence electrons. The number of morpholine rings is 1. The molecule has 3 saturated heterocycles. The van der Waals surface area contributed by atoms with Crippen LogP contribution in [0, 0.1) is 12.8 Å². The Morgan fingerprint density at radius 2 is 1.68 bits per heavy atom. The van der Waals surface area contributed by atoms with Gasteiger partial charge in [0.15, 0.2) is 0 Å². The lowest BCUT2D eigenvalue weighted by molar-refractivity contribution is -0.141. The van der Waals surface area contributed by atoms with Gasteiger partial charge in [-0.1, -0.05) is 63.3 Å². The zero-order chi connectivity index (χ0) is 27.1. The van der Waals surface area contributed by atoms with Crippen molar-refractivity contribution in [1.82, 2.24) is 14.7 Å². The van der Waals surface area contributed by atoms with E-state index in [2.05, 4.69) is 44.4 Å². The molecule has 0 saturated carbocycles. The van der Waals surface area contributed by atoms with Crippen LogP contribution in [0.5, 0.6) is 0 Å². The summed E-state index contributed by atoms with van der Waals surface area (Å²) in [6, 6.07) is 10.7. The molecule has 0 spiro atoms. The number of benzene rings is 2. The number of rotatable bonds is 4. The van der Waals surface area contributed by atoms with Crippen molar-refractivity contribution in [1.29, 1.82) is 0 Å². The minimum absolute atomic E-state index is 0.0929. The van der Waals surface area contributed by atoms with Gasteiger partial charge in [-0.15, -0.1) is 0 Å². The van der Waals surface area contributed by atoms with Gasteiger partial charge < -0.3 is 14.5 Å². The number of nitrogens with zero attached hydrogens (tertiary/aromatic N) is 3. The Bertz CT molecular complexity index is 1120. The van der Waals surface area contributed by atoms with Crippen molar-refractivity contribution in [3.63, 3.8) is 0 Å². The van der Waals surface area contributed by atoms with Crippen LogP contribution in [0.1, 0.15) is 67.4 Å². The molecule has 2 aromatic rings. The summed E-state index contributed by atoms with van der Waals surface area (Å²) in [4.78, 5) is 33.3. The maximum Gasteiger partial charge on any atom is 0.255 e. The number of hydrogen-bond donors (Lipinski definition) is 0. The summed E-state index contributed by atoms with van der Waals surface area (Å²) in [5.41, 5.74) is 2.81. The summed E-state index contributed by atoms with van der Waals surface area (Å²) < 4.78 is 5.42. The lowest BCUT2D eigenvalue weighted by atomic mass is 9.91. The topological polar surface area (TPSA) is 53.1 Å². The van der Waals surface area contributed by atoms with E-state index in [4.69, 9.17) is 4.74 Å². The van der Waals surface area contributed by atoms with Gasteiger partial charge in [0.2, 0.25) is 5.91 Å².